The first kappa shape index (κ1) is 15.3. The predicted molar refractivity (Wildman–Crippen MR) is 72.6 cm³/mol. The Morgan fingerprint density at radius 1 is 1.33 bits per heavy atom. The molecule has 0 unspecified atom stereocenters. The molecular formula is C11H17NO4S2. The van der Waals surface area contributed by atoms with Crippen LogP contribution < -0.4 is 9.46 Å². The fourth-order valence-electron chi connectivity index (χ4n) is 1.24. The summed E-state index contributed by atoms with van der Waals surface area (Å²) in [5.74, 6) is 1.27. The zero-order valence-corrected chi connectivity index (χ0v) is 11.8. The number of aliphatic hydroxyl groups excluding tert-OH is 1. The second kappa shape index (κ2) is 7.63. The number of hydrogen-bond donors (Lipinski definition) is 2. The van der Waals surface area contributed by atoms with Crippen LogP contribution in [0.25, 0.3) is 0 Å². The van der Waals surface area contributed by atoms with E-state index in [1.54, 1.807) is 23.9 Å². The summed E-state index contributed by atoms with van der Waals surface area (Å²) >= 11 is 1.58. The van der Waals surface area contributed by atoms with Crippen molar-refractivity contribution in [2.75, 3.05) is 31.8 Å². The number of benzene rings is 1. The van der Waals surface area contributed by atoms with E-state index < -0.39 is 10.0 Å². The van der Waals surface area contributed by atoms with Gasteiger partial charge in [0, 0.05) is 12.3 Å². The van der Waals surface area contributed by atoms with Crippen LogP contribution in [-0.2, 0) is 10.0 Å². The molecule has 0 aliphatic heterocycles. The third-order valence-corrected chi connectivity index (χ3v) is 4.18. The van der Waals surface area contributed by atoms with E-state index in [-0.39, 0.29) is 18.1 Å². The molecule has 0 fully saturated rings. The Balaban J connectivity index is 2.65. The van der Waals surface area contributed by atoms with E-state index in [2.05, 4.69) is 4.72 Å². The van der Waals surface area contributed by atoms with Gasteiger partial charge in [-0.05, 0) is 30.5 Å². The van der Waals surface area contributed by atoms with Crippen molar-refractivity contribution < 1.29 is 18.3 Å². The number of sulfonamides is 1. The van der Waals surface area contributed by atoms with Crippen LogP contribution in [0.3, 0.4) is 0 Å². The van der Waals surface area contributed by atoms with Gasteiger partial charge >= 0.3 is 0 Å². The highest BCUT2D eigenvalue weighted by Crippen LogP contribution is 2.15. The van der Waals surface area contributed by atoms with E-state index in [1.165, 1.54) is 12.1 Å². The van der Waals surface area contributed by atoms with Crippen LogP contribution in [0.15, 0.2) is 29.2 Å². The molecule has 2 N–H and O–H groups in total. The molecule has 7 heteroatoms. The summed E-state index contributed by atoms with van der Waals surface area (Å²) in [6, 6.07) is 6.10. The maximum atomic E-state index is 11.8. The molecule has 0 bridgehead atoms. The molecule has 5 nitrogen and oxygen atoms in total. The van der Waals surface area contributed by atoms with Crippen molar-refractivity contribution in [1.82, 2.24) is 4.72 Å². The molecule has 0 spiro atoms. The third-order valence-electron chi connectivity index (χ3n) is 2.09. The van der Waals surface area contributed by atoms with Crippen molar-refractivity contribution in [3.05, 3.63) is 24.3 Å². The molecule has 0 radical (unpaired) electrons. The minimum Gasteiger partial charge on any atom is -0.491 e. The molecule has 0 aromatic heterocycles. The zero-order valence-electron chi connectivity index (χ0n) is 10.1. The van der Waals surface area contributed by atoms with Crippen LogP contribution >= 0.6 is 11.8 Å². The van der Waals surface area contributed by atoms with E-state index in [4.69, 9.17) is 9.84 Å². The molecule has 0 heterocycles. The van der Waals surface area contributed by atoms with E-state index >= 15 is 0 Å². The number of nitrogens with one attached hydrogen (secondary N) is 1. The lowest BCUT2D eigenvalue weighted by atomic mass is 10.3. The summed E-state index contributed by atoms with van der Waals surface area (Å²) in [7, 11) is -3.44. The second-order valence-corrected chi connectivity index (χ2v) is 6.19. The van der Waals surface area contributed by atoms with Crippen molar-refractivity contribution in [1.29, 1.82) is 0 Å². The van der Waals surface area contributed by atoms with Gasteiger partial charge < -0.3 is 9.84 Å². The third kappa shape index (κ3) is 4.85. The Labute approximate surface area is 112 Å². The van der Waals surface area contributed by atoms with Gasteiger partial charge in [0.1, 0.15) is 12.4 Å². The van der Waals surface area contributed by atoms with Crippen LogP contribution in [0.1, 0.15) is 0 Å². The van der Waals surface area contributed by atoms with Gasteiger partial charge in [0.2, 0.25) is 10.0 Å². The van der Waals surface area contributed by atoms with E-state index in [1.807, 2.05) is 6.26 Å². The van der Waals surface area contributed by atoms with Gasteiger partial charge in [-0.1, -0.05) is 0 Å². The number of rotatable bonds is 8. The molecule has 1 aromatic rings. The SMILES string of the molecule is CSCCNS(=O)(=O)c1ccc(OCCO)cc1. The molecule has 0 aliphatic rings. The van der Waals surface area contributed by atoms with Gasteiger partial charge in [0.15, 0.2) is 0 Å². The Kier molecular flexibility index (Phi) is 6.48. The number of aliphatic hydroxyl groups is 1. The summed E-state index contributed by atoms with van der Waals surface area (Å²) < 4.78 is 31.3. The fraction of sp³-hybridized carbons (Fsp3) is 0.455. The van der Waals surface area contributed by atoms with Gasteiger partial charge in [0.05, 0.1) is 11.5 Å². The first-order chi connectivity index (χ1) is 8.60. The number of ether oxygens (including phenoxy) is 1. The standard InChI is InChI=1S/C11H17NO4S2/c1-17-9-6-12-18(14,15)11-4-2-10(3-5-11)16-8-7-13/h2-5,12-13H,6-9H2,1H3. The number of hydrogen-bond acceptors (Lipinski definition) is 5. The van der Waals surface area contributed by atoms with E-state index in [0.29, 0.717) is 12.3 Å². The predicted octanol–water partition coefficient (Wildman–Crippen LogP) is 0.699. The average Bonchev–Trinajstić information content (AvgIpc) is 2.37. The topological polar surface area (TPSA) is 75.6 Å². The molecule has 0 saturated heterocycles. The highest BCUT2D eigenvalue weighted by molar-refractivity contribution is 7.98. The molecule has 0 atom stereocenters. The lowest BCUT2D eigenvalue weighted by molar-refractivity contribution is 0.201. The average molecular weight is 291 g/mol. The minimum atomic E-state index is -3.44. The molecule has 0 aliphatic carbocycles. The Hall–Kier alpha value is -0.760. The highest BCUT2D eigenvalue weighted by atomic mass is 32.2. The minimum absolute atomic E-state index is 0.0731. The summed E-state index contributed by atoms with van der Waals surface area (Å²) in [5, 5.41) is 8.60. The molecule has 1 aromatic carbocycles. The van der Waals surface area contributed by atoms with Gasteiger partial charge in [-0.2, -0.15) is 11.8 Å². The maximum absolute atomic E-state index is 11.8. The molecule has 0 saturated carbocycles. The summed E-state index contributed by atoms with van der Waals surface area (Å²) in [4.78, 5) is 0.208. The fourth-order valence-corrected chi connectivity index (χ4v) is 2.71. The van der Waals surface area contributed by atoms with Gasteiger partial charge in [-0.15, -0.1) is 0 Å². The van der Waals surface area contributed by atoms with Crippen molar-refractivity contribution in [2.24, 2.45) is 0 Å². The first-order valence-electron chi connectivity index (χ1n) is 5.42. The lowest BCUT2D eigenvalue weighted by Gasteiger charge is -2.07. The molecule has 18 heavy (non-hydrogen) atoms. The quantitative estimate of drug-likeness (QED) is 0.690. The molecule has 0 amide bonds. The summed E-state index contributed by atoms with van der Waals surface area (Å²) in [5.41, 5.74) is 0. The van der Waals surface area contributed by atoms with Gasteiger partial charge in [0.25, 0.3) is 0 Å². The smallest absolute Gasteiger partial charge is 0.240 e. The van der Waals surface area contributed by atoms with Crippen LogP contribution in [0.5, 0.6) is 5.75 Å². The molecule has 102 valence electrons. The van der Waals surface area contributed by atoms with Gasteiger partial charge in [-0.3, -0.25) is 0 Å². The Morgan fingerprint density at radius 2 is 2.00 bits per heavy atom. The Morgan fingerprint density at radius 3 is 2.56 bits per heavy atom. The van der Waals surface area contributed by atoms with E-state index in [0.717, 1.165) is 5.75 Å². The van der Waals surface area contributed by atoms with Crippen molar-refractivity contribution in [2.45, 2.75) is 4.90 Å². The van der Waals surface area contributed by atoms with Crippen LogP contribution in [0.2, 0.25) is 0 Å². The zero-order chi connectivity index (χ0) is 13.4. The normalized spacial score (nSPS) is 11.4. The van der Waals surface area contributed by atoms with Crippen LogP contribution in [-0.4, -0.2) is 45.3 Å². The maximum Gasteiger partial charge on any atom is 0.240 e. The van der Waals surface area contributed by atoms with Crippen molar-refractivity contribution in [3.63, 3.8) is 0 Å². The van der Waals surface area contributed by atoms with Crippen molar-refractivity contribution in [3.8, 4) is 5.75 Å². The summed E-state index contributed by atoms with van der Waals surface area (Å²) in [6.45, 7) is 0.528. The summed E-state index contributed by atoms with van der Waals surface area (Å²) in [6.07, 6.45) is 1.92. The van der Waals surface area contributed by atoms with E-state index in [9.17, 15) is 8.42 Å². The van der Waals surface area contributed by atoms with Crippen molar-refractivity contribution >= 4 is 21.8 Å². The second-order valence-electron chi connectivity index (χ2n) is 3.43. The first-order valence-corrected chi connectivity index (χ1v) is 8.30. The van der Waals surface area contributed by atoms with Crippen LogP contribution in [0.4, 0.5) is 0 Å². The monoisotopic (exact) mass is 291 g/mol. The largest absolute Gasteiger partial charge is 0.491 e. The number of thioether (sulfide) groups is 1. The highest BCUT2D eigenvalue weighted by Gasteiger charge is 2.12. The van der Waals surface area contributed by atoms with Crippen LogP contribution in [0, 0.1) is 0 Å². The molecular weight excluding hydrogens is 274 g/mol. The lowest BCUT2D eigenvalue weighted by Crippen LogP contribution is -2.25. The van der Waals surface area contributed by atoms with Gasteiger partial charge in [-0.25, -0.2) is 13.1 Å². The molecule has 1 rings (SSSR count). The Bertz CT molecular complexity index is 445.